The number of rotatable bonds is 6. The van der Waals surface area contributed by atoms with Gasteiger partial charge in [-0.2, -0.15) is 4.98 Å². The van der Waals surface area contributed by atoms with Gasteiger partial charge in [-0.3, -0.25) is 5.32 Å². The summed E-state index contributed by atoms with van der Waals surface area (Å²) >= 11 is 3.17. The van der Waals surface area contributed by atoms with Gasteiger partial charge in [0.05, 0.1) is 21.8 Å². The highest BCUT2D eigenvalue weighted by atomic mass is 32.1. The first kappa shape index (κ1) is 20.3. The zero-order chi connectivity index (χ0) is 21.2. The van der Waals surface area contributed by atoms with Crippen LogP contribution in [-0.2, 0) is 0 Å². The second-order valence-electron chi connectivity index (χ2n) is 7.83. The van der Waals surface area contributed by atoms with Crippen LogP contribution in [0.4, 0.5) is 16.9 Å². The quantitative estimate of drug-likeness (QED) is 0.478. The van der Waals surface area contributed by atoms with E-state index in [-0.39, 0.29) is 12.6 Å². The minimum absolute atomic E-state index is 0.239. The van der Waals surface area contributed by atoms with Crippen molar-refractivity contribution >= 4 is 51.7 Å². The molecule has 31 heavy (non-hydrogen) atoms. The van der Waals surface area contributed by atoms with Gasteiger partial charge in [-0.15, -0.1) is 22.7 Å². The van der Waals surface area contributed by atoms with Crippen LogP contribution >= 0.6 is 22.7 Å². The summed E-state index contributed by atoms with van der Waals surface area (Å²) in [7, 11) is 0. The van der Waals surface area contributed by atoms with E-state index in [0.29, 0.717) is 11.9 Å². The van der Waals surface area contributed by atoms with Gasteiger partial charge >= 0.3 is 0 Å². The first-order valence-electron chi connectivity index (χ1n) is 10.5. The highest BCUT2D eigenvalue weighted by molar-refractivity contribution is 7.16. The highest BCUT2D eigenvalue weighted by Gasteiger charge is 2.27. The molecule has 3 N–H and O–H groups in total. The van der Waals surface area contributed by atoms with Gasteiger partial charge in [0.2, 0.25) is 5.95 Å². The van der Waals surface area contributed by atoms with Gasteiger partial charge in [0.1, 0.15) is 10.8 Å². The van der Waals surface area contributed by atoms with Crippen molar-refractivity contribution in [3.8, 4) is 10.6 Å². The zero-order valence-electron chi connectivity index (χ0n) is 17.2. The summed E-state index contributed by atoms with van der Waals surface area (Å²) in [5.74, 6) is 1.66. The second-order valence-corrected chi connectivity index (χ2v) is 9.76. The Hall–Kier alpha value is -2.62. The van der Waals surface area contributed by atoms with Crippen molar-refractivity contribution in [2.75, 3.05) is 17.2 Å². The smallest absolute Gasteiger partial charge is 0.231 e. The summed E-state index contributed by atoms with van der Waals surface area (Å²) in [5, 5.41) is 20.0. The highest BCUT2D eigenvalue weighted by Crippen LogP contribution is 2.38. The van der Waals surface area contributed by atoms with Gasteiger partial charge in [-0.25, -0.2) is 15.0 Å². The molecule has 2 aliphatic rings. The summed E-state index contributed by atoms with van der Waals surface area (Å²) in [6, 6.07) is 0.274. The van der Waals surface area contributed by atoms with Gasteiger partial charge in [0.15, 0.2) is 5.13 Å². The molecule has 5 rings (SSSR count). The number of allylic oxidation sites excluding steroid dienone is 2. The van der Waals surface area contributed by atoms with Crippen molar-refractivity contribution in [2.45, 2.75) is 38.6 Å². The van der Waals surface area contributed by atoms with Crippen molar-refractivity contribution in [3.05, 3.63) is 40.0 Å². The number of nitrogens with one attached hydrogen (secondary N) is 2. The van der Waals surface area contributed by atoms with E-state index in [0.717, 1.165) is 63.5 Å². The van der Waals surface area contributed by atoms with Crippen molar-refractivity contribution < 1.29 is 5.11 Å². The number of nitrogens with zero attached hydrogens (tertiary/aromatic N) is 4. The topological polar surface area (TPSA) is 95.9 Å². The maximum absolute atomic E-state index is 9.54. The standard InChI is InChI=1S/C22H24N6OS2/c1-13-18(20-26-16-5-3-2-4-6-17(16)31-20)19(25-15-8-7-14(11-15)12-29)27-21(24-13)28-22-23-9-10-30-22/h3-6,9-10,14-15,29H,2,7-8,11-12H2,1H3,(H2,23,24,25,27,28)/t14?,15-/m0/s1. The molecule has 7 nitrogen and oxygen atoms in total. The van der Waals surface area contributed by atoms with E-state index >= 15 is 0 Å². The summed E-state index contributed by atoms with van der Waals surface area (Å²) in [6.45, 7) is 2.24. The number of thiazole rings is 2. The first-order chi connectivity index (χ1) is 15.2. The molecule has 0 radical (unpaired) electrons. The number of aliphatic hydroxyl groups excluding tert-OH is 1. The van der Waals surface area contributed by atoms with Crippen LogP contribution in [0.3, 0.4) is 0 Å². The number of hydrogen-bond donors (Lipinski definition) is 3. The molecule has 0 bridgehead atoms. The molecule has 0 aliphatic heterocycles. The predicted molar refractivity (Wildman–Crippen MR) is 128 cm³/mol. The summed E-state index contributed by atoms with van der Waals surface area (Å²) in [6.07, 6.45) is 14.2. The molecule has 1 unspecified atom stereocenters. The molecule has 1 fully saturated rings. The normalized spacial score (nSPS) is 19.9. The number of fused-ring (bicyclic) bond motifs is 1. The Morgan fingerprint density at radius 1 is 1.16 bits per heavy atom. The molecule has 0 saturated heterocycles. The van der Waals surface area contributed by atoms with E-state index in [1.54, 1.807) is 17.5 Å². The summed E-state index contributed by atoms with van der Waals surface area (Å²) in [5.41, 5.74) is 2.80. The van der Waals surface area contributed by atoms with Crippen LogP contribution in [0.25, 0.3) is 22.7 Å². The van der Waals surface area contributed by atoms with E-state index in [2.05, 4.69) is 39.9 Å². The van der Waals surface area contributed by atoms with E-state index in [1.807, 2.05) is 12.3 Å². The van der Waals surface area contributed by atoms with Crippen LogP contribution in [0.15, 0.2) is 23.7 Å². The molecule has 3 heterocycles. The van der Waals surface area contributed by atoms with Gasteiger partial charge in [0.25, 0.3) is 0 Å². The third-order valence-electron chi connectivity index (χ3n) is 5.59. The molecule has 1 saturated carbocycles. The largest absolute Gasteiger partial charge is 0.396 e. The molecule has 2 atom stereocenters. The van der Waals surface area contributed by atoms with E-state index in [9.17, 15) is 5.11 Å². The monoisotopic (exact) mass is 452 g/mol. The van der Waals surface area contributed by atoms with Crippen LogP contribution in [0, 0.1) is 12.8 Å². The molecule has 160 valence electrons. The van der Waals surface area contributed by atoms with Crippen LogP contribution in [0.5, 0.6) is 0 Å². The lowest BCUT2D eigenvalue weighted by molar-refractivity contribution is 0.229. The third-order valence-corrected chi connectivity index (χ3v) is 7.34. The maximum Gasteiger partial charge on any atom is 0.231 e. The average molecular weight is 453 g/mol. The average Bonchev–Trinajstić information content (AvgIpc) is 3.48. The lowest BCUT2D eigenvalue weighted by Gasteiger charge is -2.18. The van der Waals surface area contributed by atoms with Crippen molar-refractivity contribution in [1.29, 1.82) is 0 Å². The molecule has 9 heteroatoms. The van der Waals surface area contributed by atoms with Crippen LogP contribution in [-0.4, -0.2) is 37.7 Å². The number of aromatic nitrogens is 4. The van der Waals surface area contributed by atoms with E-state index in [4.69, 9.17) is 15.0 Å². The molecule has 3 aromatic heterocycles. The Morgan fingerprint density at radius 3 is 2.87 bits per heavy atom. The van der Waals surface area contributed by atoms with Crippen LogP contribution < -0.4 is 10.6 Å². The molecule has 2 aliphatic carbocycles. The Labute approximate surface area is 189 Å². The van der Waals surface area contributed by atoms with Crippen molar-refractivity contribution in [1.82, 2.24) is 19.9 Å². The van der Waals surface area contributed by atoms with Crippen molar-refractivity contribution in [3.63, 3.8) is 0 Å². The molecular weight excluding hydrogens is 428 g/mol. The van der Waals surface area contributed by atoms with Gasteiger partial charge in [-0.05, 0) is 50.7 Å². The minimum atomic E-state index is 0.239. The van der Waals surface area contributed by atoms with Crippen molar-refractivity contribution in [2.24, 2.45) is 5.92 Å². The lowest BCUT2D eigenvalue weighted by Crippen LogP contribution is -2.19. The molecule has 3 aromatic rings. The van der Waals surface area contributed by atoms with E-state index in [1.165, 1.54) is 11.3 Å². The number of hydrogen-bond acceptors (Lipinski definition) is 9. The Bertz CT molecular complexity index is 1090. The fraction of sp³-hybridized carbons (Fsp3) is 0.364. The van der Waals surface area contributed by atoms with Gasteiger partial charge in [-0.1, -0.05) is 12.2 Å². The van der Waals surface area contributed by atoms with Gasteiger partial charge < -0.3 is 10.4 Å². The zero-order valence-corrected chi connectivity index (χ0v) is 18.8. The van der Waals surface area contributed by atoms with Crippen LogP contribution in [0.2, 0.25) is 0 Å². The number of anilines is 3. The maximum atomic E-state index is 9.54. The Kier molecular flexibility index (Phi) is 5.80. The SMILES string of the molecule is Cc1nc(Nc2nccs2)nc(N[C@H]2CCC(CO)C2)c1-c1nc2c(s1)C=CCC=C2. The molecule has 0 spiro atoms. The number of aryl methyl sites for hydroxylation is 1. The Balaban J connectivity index is 1.53. The third kappa shape index (κ3) is 4.39. The summed E-state index contributed by atoms with van der Waals surface area (Å²) in [4.78, 5) is 19.9. The lowest BCUT2D eigenvalue weighted by atomic mass is 10.1. The summed E-state index contributed by atoms with van der Waals surface area (Å²) < 4.78 is 0. The first-order valence-corrected chi connectivity index (χ1v) is 12.2. The fourth-order valence-electron chi connectivity index (χ4n) is 4.06. The van der Waals surface area contributed by atoms with Gasteiger partial charge in [0, 0.05) is 24.2 Å². The molecular formula is C22H24N6OS2. The number of aliphatic hydroxyl groups is 1. The predicted octanol–water partition coefficient (Wildman–Crippen LogP) is 5.11. The fourth-order valence-corrected chi connectivity index (χ4v) is 5.66. The minimum Gasteiger partial charge on any atom is -0.396 e. The van der Waals surface area contributed by atoms with E-state index < -0.39 is 0 Å². The van der Waals surface area contributed by atoms with Crippen LogP contribution in [0.1, 0.15) is 41.9 Å². The Morgan fingerprint density at radius 2 is 2.06 bits per heavy atom. The second kappa shape index (κ2) is 8.86. The molecule has 0 aromatic carbocycles. The molecule has 0 amide bonds.